The maximum atomic E-state index is 12.8. The molecule has 0 unspecified atom stereocenters. The Morgan fingerprint density at radius 1 is 1.00 bits per heavy atom. The quantitative estimate of drug-likeness (QED) is 0.863. The molecule has 2 aromatic rings. The Hall–Kier alpha value is -3.15. The Morgan fingerprint density at radius 2 is 1.57 bits per heavy atom. The van der Waals surface area contributed by atoms with Crippen LogP contribution in [0.4, 0.5) is 9.59 Å². The maximum absolute atomic E-state index is 12.8. The van der Waals surface area contributed by atoms with Crippen LogP contribution in [-0.2, 0) is 11.2 Å². The molecule has 0 aliphatic carbocycles. The van der Waals surface area contributed by atoms with E-state index in [1.54, 1.807) is 20.8 Å². The molecule has 1 heterocycles. The van der Waals surface area contributed by atoms with E-state index >= 15 is 0 Å². The first-order chi connectivity index (χ1) is 13.2. The van der Waals surface area contributed by atoms with Crippen molar-refractivity contribution < 1.29 is 19.5 Å². The van der Waals surface area contributed by atoms with Gasteiger partial charge in [-0.3, -0.25) is 9.69 Å². The van der Waals surface area contributed by atoms with Gasteiger partial charge >= 0.3 is 12.1 Å². The second-order valence-electron chi connectivity index (χ2n) is 8.02. The fourth-order valence-corrected chi connectivity index (χ4v) is 3.32. The minimum Gasteiger partial charge on any atom is -0.465 e. The molecule has 0 bridgehead atoms. The van der Waals surface area contributed by atoms with Crippen LogP contribution in [-0.4, -0.2) is 45.5 Å². The smallest absolute Gasteiger partial charge is 0.415 e. The number of benzene rings is 2. The zero-order valence-electron chi connectivity index (χ0n) is 16.3. The lowest BCUT2D eigenvalue weighted by Crippen LogP contribution is -2.47. The third kappa shape index (κ3) is 3.91. The highest BCUT2D eigenvalue weighted by molar-refractivity contribution is 6.03. The highest BCUT2D eigenvalue weighted by Gasteiger charge is 2.46. The standard InChI is InChI=1S/C22H24N2O4/c1-22(2,3)19(25)24-18(14-23(20(24)26)21(27)28)13-15-9-11-17(12-10-15)16-7-5-4-6-8-16/h4-12,18H,13-14H2,1-3H3,(H,27,28)/t18-/m1/s1. The van der Waals surface area contributed by atoms with Crippen molar-refractivity contribution >= 4 is 18.0 Å². The van der Waals surface area contributed by atoms with E-state index in [0.717, 1.165) is 21.6 Å². The summed E-state index contributed by atoms with van der Waals surface area (Å²) < 4.78 is 0. The van der Waals surface area contributed by atoms with Gasteiger partial charge in [0.1, 0.15) is 0 Å². The molecular formula is C22H24N2O4. The summed E-state index contributed by atoms with van der Waals surface area (Å²) in [6.45, 7) is 5.14. The second-order valence-corrected chi connectivity index (χ2v) is 8.02. The predicted molar refractivity (Wildman–Crippen MR) is 106 cm³/mol. The monoisotopic (exact) mass is 380 g/mol. The summed E-state index contributed by atoms with van der Waals surface area (Å²) in [5.74, 6) is -0.368. The number of imide groups is 2. The topological polar surface area (TPSA) is 77.9 Å². The molecule has 1 saturated heterocycles. The van der Waals surface area contributed by atoms with Crippen LogP contribution in [0.15, 0.2) is 54.6 Å². The van der Waals surface area contributed by atoms with Crippen molar-refractivity contribution in [3.05, 3.63) is 60.2 Å². The van der Waals surface area contributed by atoms with Gasteiger partial charge in [0, 0.05) is 5.41 Å². The Kier molecular flexibility index (Phi) is 5.23. The van der Waals surface area contributed by atoms with Crippen LogP contribution >= 0.6 is 0 Å². The largest absolute Gasteiger partial charge is 0.465 e. The van der Waals surface area contributed by atoms with E-state index < -0.39 is 23.6 Å². The second kappa shape index (κ2) is 7.46. The minimum absolute atomic E-state index is 0.0174. The number of amides is 4. The molecule has 1 atom stereocenters. The van der Waals surface area contributed by atoms with Crippen LogP contribution in [0.5, 0.6) is 0 Å². The normalized spacial score (nSPS) is 17.1. The molecule has 0 aromatic heterocycles. The lowest BCUT2D eigenvalue weighted by atomic mass is 9.93. The average molecular weight is 380 g/mol. The number of hydrogen-bond acceptors (Lipinski definition) is 3. The molecule has 1 aliphatic heterocycles. The molecule has 1 fully saturated rings. The zero-order chi connectivity index (χ0) is 20.5. The summed E-state index contributed by atoms with van der Waals surface area (Å²) in [5.41, 5.74) is 2.34. The maximum Gasteiger partial charge on any atom is 0.415 e. The van der Waals surface area contributed by atoms with Crippen LogP contribution in [0.25, 0.3) is 11.1 Å². The van der Waals surface area contributed by atoms with Gasteiger partial charge < -0.3 is 5.11 Å². The predicted octanol–water partition coefficient (Wildman–Crippen LogP) is 4.25. The third-order valence-corrected chi connectivity index (χ3v) is 4.82. The Morgan fingerprint density at radius 3 is 2.11 bits per heavy atom. The summed E-state index contributed by atoms with van der Waals surface area (Å²) >= 11 is 0. The van der Waals surface area contributed by atoms with Crippen molar-refractivity contribution in [2.45, 2.75) is 33.2 Å². The molecule has 1 N–H and O–H groups in total. The van der Waals surface area contributed by atoms with Crippen LogP contribution in [0, 0.1) is 5.41 Å². The van der Waals surface area contributed by atoms with Crippen molar-refractivity contribution in [2.24, 2.45) is 5.41 Å². The molecule has 6 nitrogen and oxygen atoms in total. The van der Waals surface area contributed by atoms with E-state index in [0.29, 0.717) is 11.3 Å². The van der Waals surface area contributed by atoms with Gasteiger partial charge in [0.05, 0.1) is 12.6 Å². The number of hydrogen-bond donors (Lipinski definition) is 1. The number of carboxylic acid groups (broad SMARTS) is 1. The zero-order valence-corrected chi connectivity index (χ0v) is 16.3. The number of nitrogens with zero attached hydrogens (tertiary/aromatic N) is 2. The van der Waals surface area contributed by atoms with E-state index in [1.165, 1.54) is 0 Å². The van der Waals surface area contributed by atoms with E-state index in [9.17, 15) is 19.5 Å². The van der Waals surface area contributed by atoms with Crippen molar-refractivity contribution in [2.75, 3.05) is 6.54 Å². The van der Waals surface area contributed by atoms with E-state index in [2.05, 4.69) is 0 Å². The van der Waals surface area contributed by atoms with Gasteiger partial charge in [-0.15, -0.1) is 0 Å². The van der Waals surface area contributed by atoms with Gasteiger partial charge in [-0.1, -0.05) is 75.4 Å². The van der Waals surface area contributed by atoms with Crippen LogP contribution < -0.4 is 0 Å². The molecular weight excluding hydrogens is 356 g/mol. The summed E-state index contributed by atoms with van der Waals surface area (Å²) in [6, 6.07) is 16.6. The van der Waals surface area contributed by atoms with Crippen LogP contribution in [0.1, 0.15) is 26.3 Å². The first-order valence-corrected chi connectivity index (χ1v) is 9.21. The summed E-state index contributed by atoms with van der Waals surface area (Å²) in [4.78, 5) is 38.5. The number of rotatable bonds is 3. The van der Waals surface area contributed by atoms with Gasteiger partial charge in [0.25, 0.3) is 0 Å². The van der Waals surface area contributed by atoms with E-state index in [-0.39, 0.29) is 12.5 Å². The number of carbonyl (C=O) groups is 3. The molecule has 28 heavy (non-hydrogen) atoms. The van der Waals surface area contributed by atoms with E-state index in [4.69, 9.17) is 0 Å². The molecule has 1 aliphatic rings. The van der Waals surface area contributed by atoms with Gasteiger partial charge in [-0.05, 0) is 23.1 Å². The summed E-state index contributed by atoms with van der Waals surface area (Å²) in [5, 5.41) is 9.30. The Labute approximate surface area is 164 Å². The Balaban J connectivity index is 1.83. The van der Waals surface area contributed by atoms with Gasteiger partial charge in [-0.25, -0.2) is 14.5 Å². The molecule has 146 valence electrons. The van der Waals surface area contributed by atoms with Crippen LogP contribution in [0.3, 0.4) is 0 Å². The van der Waals surface area contributed by atoms with Crippen molar-refractivity contribution in [3.63, 3.8) is 0 Å². The molecule has 6 heteroatoms. The average Bonchev–Trinajstić information content (AvgIpc) is 2.98. The van der Waals surface area contributed by atoms with Gasteiger partial charge in [0.15, 0.2) is 0 Å². The minimum atomic E-state index is -1.33. The Bertz CT molecular complexity index is 885. The summed E-state index contributed by atoms with van der Waals surface area (Å²) in [7, 11) is 0. The van der Waals surface area contributed by atoms with Crippen molar-refractivity contribution in [1.82, 2.24) is 9.80 Å². The summed E-state index contributed by atoms with van der Waals surface area (Å²) in [6.07, 6.45) is -0.925. The van der Waals surface area contributed by atoms with Crippen LogP contribution in [0.2, 0.25) is 0 Å². The highest BCUT2D eigenvalue weighted by Crippen LogP contribution is 2.27. The van der Waals surface area contributed by atoms with Gasteiger partial charge in [-0.2, -0.15) is 0 Å². The third-order valence-electron chi connectivity index (χ3n) is 4.82. The molecule has 0 saturated carbocycles. The highest BCUT2D eigenvalue weighted by atomic mass is 16.4. The fraction of sp³-hybridized carbons (Fsp3) is 0.318. The molecule has 0 spiro atoms. The number of urea groups is 1. The molecule has 0 radical (unpaired) electrons. The van der Waals surface area contributed by atoms with Gasteiger partial charge in [0.2, 0.25) is 5.91 Å². The lowest BCUT2D eigenvalue weighted by molar-refractivity contribution is -0.137. The fourth-order valence-electron chi connectivity index (χ4n) is 3.32. The molecule has 4 amide bonds. The van der Waals surface area contributed by atoms with E-state index in [1.807, 2.05) is 54.6 Å². The van der Waals surface area contributed by atoms with Crippen molar-refractivity contribution in [3.8, 4) is 11.1 Å². The molecule has 3 rings (SSSR count). The first kappa shape index (κ1) is 19.6. The lowest BCUT2D eigenvalue weighted by Gasteiger charge is -2.28. The number of carbonyl (C=O) groups excluding carboxylic acids is 2. The SMILES string of the molecule is CC(C)(C)C(=O)N1C(=O)N(C(=O)O)C[C@H]1Cc1ccc(-c2ccccc2)cc1. The van der Waals surface area contributed by atoms with Crippen molar-refractivity contribution in [1.29, 1.82) is 0 Å². The first-order valence-electron chi connectivity index (χ1n) is 9.21. The molecule has 2 aromatic carbocycles.